The lowest BCUT2D eigenvalue weighted by atomic mass is 9.99. The quantitative estimate of drug-likeness (QED) is 0.861. The smallest absolute Gasteiger partial charge is 0.322 e. The number of rotatable bonds is 4. The van der Waals surface area contributed by atoms with Gasteiger partial charge in [-0.05, 0) is 30.5 Å². The number of benzene rings is 1. The molecule has 2 bridgehead atoms. The standard InChI is InChI=1S/C18H24ClN3O3/c1-11(2)8-20-17(23)15-7-14-9-22(10-16(15)25-14)18(24)21-13-5-3-4-12(19)6-13/h3-6,11,14-16H,7-10H2,1-2H3,(H,20,23)(H,21,24)/t14-,15+,16-/m1/s1. The number of carbonyl (C=O) groups excluding carboxylic acids is 2. The van der Waals surface area contributed by atoms with Gasteiger partial charge < -0.3 is 20.3 Å². The average molecular weight is 366 g/mol. The third-order valence-electron chi connectivity index (χ3n) is 4.54. The van der Waals surface area contributed by atoms with Gasteiger partial charge in [-0.3, -0.25) is 4.79 Å². The summed E-state index contributed by atoms with van der Waals surface area (Å²) in [4.78, 5) is 26.6. The third kappa shape index (κ3) is 4.44. The molecule has 0 spiro atoms. The zero-order valence-corrected chi connectivity index (χ0v) is 15.3. The van der Waals surface area contributed by atoms with Crippen molar-refractivity contribution < 1.29 is 14.3 Å². The molecule has 2 fully saturated rings. The van der Waals surface area contributed by atoms with Crippen LogP contribution < -0.4 is 10.6 Å². The van der Waals surface area contributed by atoms with Gasteiger partial charge in [-0.2, -0.15) is 0 Å². The van der Waals surface area contributed by atoms with Crippen molar-refractivity contribution in [2.24, 2.45) is 11.8 Å². The summed E-state index contributed by atoms with van der Waals surface area (Å²) in [5, 5.41) is 6.40. The molecule has 7 heteroatoms. The van der Waals surface area contributed by atoms with Crippen LogP contribution in [-0.4, -0.2) is 48.7 Å². The van der Waals surface area contributed by atoms with E-state index in [4.69, 9.17) is 16.3 Å². The van der Waals surface area contributed by atoms with E-state index in [9.17, 15) is 9.59 Å². The van der Waals surface area contributed by atoms with Gasteiger partial charge in [0.25, 0.3) is 0 Å². The lowest BCUT2D eigenvalue weighted by Gasteiger charge is -2.32. The molecular weight excluding hydrogens is 342 g/mol. The van der Waals surface area contributed by atoms with Gasteiger partial charge in [0.1, 0.15) is 0 Å². The average Bonchev–Trinajstić information content (AvgIpc) is 2.86. The monoisotopic (exact) mass is 365 g/mol. The lowest BCUT2D eigenvalue weighted by Crippen LogP contribution is -2.49. The zero-order chi connectivity index (χ0) is 18.0. The van der Waals surface area contributed by atoms with Crippen LogP contribution in [0.2, 0.25) is 5.02 Å². The molecule has 6 nitrogen and oxygen atoms in total. The molecule has 0 aliphatic carbocycles. The van der Waals surface area contributed by atoms with E-state index in [-0.39, 0.29) is 30.1 Å². The minimum atomic E-state index is -0.240. The predicted molar refractivity (Wildman–Crippen MR) is 96.7 cm³/mol. The number of nitrogens with one attached hydrogen (secondary N) is 2. The number of carbonyl (C=O) groups is 2. The van der Waals surface area contributed by atoms with Crippen LogP contribution in [0.4, 0.5) is 10.5 Å². The molecule has 2 heterocycles. The Morgan fingerprint density at radius 3 is 2.88 bits per heavy atom. The minimum Gasteiger partial charge on any atom is -0.370 e. The molecular formula is C18H24ClN3O3. The number of likely N-dealkylation sites (tertiary alicyclic amines) is 1. The topological polar surface area (TPSA) is 70.7 Å². The summed E-state index contributed by atoms with van der Waals surface area (Å²) in [5.41, 5.74) is 0.655. The van der Waals surface area contributed by atoms with E-state index in [0.717, 1.165) is 0 Å². The Hall–Kier alpha value is -1.79. The number of morpholine rings is 1. The van der Waals surface area contributed by atoms with E-state index < -0.39 is 0 Å². The molecule has 2 saturated heterocycles. The summed E-state index contributed by atoms with van der Waals surface area (Å²) in [6.45, 7) is 5.70. The molecule has 0 saturated carbocycles. The molecule has 2 aliphatic rings. The van der Waals surface area contributed by atoms with Crippen LogP contribution in [0.3, 0.4) is 0 Å². The Bertz CT molecular complexity index is 652. The second kappa shape index (κ2) is 7.62. The lowest BCUT2D eigenvalue weighted by molar-refractivity contribution is -0.127. The van der Waals surface area contributed by atoms with Gasteiger partial charge in [0.2, 0.25) is 5.91 Å². The van der Waals surface area contributed by atoms with Crippen molar-refractivity contribution >= 4 is 29.2 Å². The number of hydrogen-bond donors (Lipinski definition) is 2. The van der Waals surface area contributed by atoms with Crippen LogP contribution in [0, 0.1) is 11.8 Å². The van der Waals surface area contributed by atoms with E-state index in [0.29, 0.717) is 42.7 Å². The van der Waals surface area contributed by atoms with Gasteiger partial charge in [0, 0.05) is 30.3 Å². The summed E-state index contributed by atoms with van der Waals surface area (Å²) in [7, 11) is 0. The number of nitrogens with zero attached hydrogens (tertiary/aromatic N) is 1. The van der Waals surface area contributed by atoms with Crippen LogP contribution in [0.1, 0.15) is 20.3 Å². The second-order valence-corrected chi connectivity index (χ2v) is 7.56. The molecule has 3 rings (SSSR count). The van der Waals surface area contributed by atoms with Crippen molar-refractivity contribution in [1.82, 2.24) is 10.2 Å². The fraction of sp³-hybridized carbons (Fsp3) is 0.556. The van der Waals surface area contributed by atoms with Crippen molar-refractivity contribution in [3.05, 3.63) is 29.3 Å². The molecule has 0 unspecified atom stereocenters. The first-order chi connectivity index (χ1) is 11.9. The van der Waals surface area contributed by atoms with E-state index in [1.54, 1.807) is 29.2 Å². The largest absolute Gasteiger partial charge is 0.370 e. The van der Waals surface area contributed by atoms with E-state index in [2.05, 4.69) is 24.5 Å². The fourth-order valence-electron chi connectivity index (χ4n) is 3.30. The number of anilines is 1. The first kappa shape index (κ1) is 18.0. The molecule has 0 radical (unpaired) electrons. The van der Waals surface area contributed by atoms with Crippen molar-refractivity contribution in [2.75, 3.05) is 25.0 Å². The molecule has 1 aromatic carbocycles. The van der Waals surface area contributed by atoms with Gasteiger partial charge in [-0.1, -0.05) is 31.5 Å². The first-order valence-corrected chi connectivity index (χ1v) is 9.05. The number of urea groups is 1. The Balaban J connectivity index is 1.58. The van der Waals surface area contributed by atoms with Crippen molar-refractivity contribution in [3.63, 3.8) is 0 Å². The highest BCUT2D eigenvalue weighted by Crippen LogP contribution is 2.32. The van der Waals surface area contributed by atoms with E-state index in [1.807, 2.05) is 0 Å². The second-order valence-electron chi connectivity index (χ2n) is 7.12. The number of halogens is 1. The molecule has 3 atom stereocenters. The van der Waals surface area contributed by atoms with Crippen LogP contribution in [0.5, 0.6) is 0 Å². The Labute approximate surface area is 152 Å². The SMILES string of the molecule is CC(C)CNC(=O)[C@H]1C[C@@H]2CN(C(=O)Nc3cccc(Cl)c3)C[C@H]1O2. The molecule has 136 valence electrons. The maximum Gasteiger partial charge on any atom is 0.322 e. The Morgan fingerprint density at radius 2 is 2.16 bits per heavy atom. The highest BCUT2D eigenvalue weighted by Gasteiger charge is 2.45. The maximum absolute atomic E-state index is 12.5. The van der Waals surface area contributed by atoms with Crippen LogP contribution >= 0.6 is 11.6 Å². The highest BCUT2D eigenvalue weighted by atomic mass is 35.5. The number of fused-ring (bicyclic) bond motifs is 2. The van der Waals surface area contributed by atoms with Crippen LogP contribution in [0.25, 0.3) is 0 Å². The zero-order valence-electron chi connectivity index (χ0n) is 14.5. The van der Waals surface area contributed by atoms with Gasteiger partial charge in [-0.25, -0.2) is 4.79 Å². The normalized spacial score (nSPS) is 25.1. The summed E-state index contributed by atoms with van der Waals surface area (Å²) >= 11 is 5.95. The van der Waals surface area contributed by atoms with Gasteiger partial charge in [0.05, 0.1) is 18.1 Å². The molecule has 25 heavy (non-hydrogen) atoms. The molecule has 1 aromatic rings. The Morgan fingerprint density at radius 1 is 1.36 bits per heavy atom. The fourth-order valence-corrected chi connectivity index (χ4v) is 3.49. The summed E-state index contributed by atoms with van der Waals surface area (Å²) in [5.74, 6) is 0.247. The number of ether oxygens (including phenoxy) is 1. The molecule has 2 aliphatic heterocycles. The first-order valence-electron chi connectivity index (χ1n) is 8.67. The Kier molecular flexibility index (Phi) is 5.49. The van der Waals surface area contributed by atoms with Crippen molar-refractivity contribution in [3.8, 4) is 0 Å². The predicted octanol–water partition coefficient (Wildman–Crippen LogP) is 2.73. The van der Waals surface area contributed by atoms with E-state index >= 15 is 0 Å². The number of amides is 3. The third-order valence-corrected chi connectivity index (χ3v) is 4.78. The van der Waals surface area contributed by atoms with Gasteiger partial charge in [-0.15, -0.1) is 0 Å². The highest BCUT2D eigenvalue weighted by molar-refractivity contribution is 6.30. The molecule has 3 amide bonds. The van der Waals surface area contributed by atoms with Crippen LogP contribution in [0.15, 0.2) is 24.3 Å². The van der Waals surface area contributed by atoms with Gasteiger partial charge >= 0.3 is 6.03 Å². The van der Waals surface area contributed by atoms with Crippen molar-refractivity contribution in [2.45, 2.75) is 32.5 Å². The van der Waals surface area contributed by atoms with E-state index in [1.165, 1.54) is 0 Å². The van der Waals surface area contributed by atoms with Crippen molar-refractivity contribution in [1.29, 1.82) is 0 Å². The number of hydrogen-bond acceptors (Lipinski definition) is 3. The summed E-state index contributed by atoms with van der Waals surface area (Å²) in [6.07, 6.45) is 0.338. The summed E-state index contributed by atoms with van der Waals surface area (Å²) < 4.78 is 5.88. The molecule has 0 aromatic heterocycles. The molecule has 2 N–H and O–H groups in total. The van der Waals surface area contributed by atoms with Crippen LogP contribution in [-0.2, 0) is 9.53 Å². The summed E-state index contributed by atoms with van der Waals surface area (Å²) in [6, 6.07) is 6.85. The minimum absolute atomic E-state index is 0.0262. The van der Waals surface area contributed by atoms with Gasteiger partial charge in [0.15, 0.2) is 0 Å². The maximum atomic E-state index is 12.5.